The fourth-order valence-corrected chi connectivity index (χ4v) is 1.92. The molecule has 3 heteroatoms. The van der Waals surface area contributed by atoms with E-state index in [4.69, 9.17) is 0 Å². The minimum atomic E-state index is 0.707. The third kappa shape index (κ3) is 1.75. The van der Waals surface area contributed by atoms with E-state index in [1.54, 1.807) is 6.33 Å². The summed E-state index contributed by atoms with van der Waals surface area (Å²) in [6.07, 6.45) is 4.92. The fraction of sp³-hybridized carbons (Fsp3) is 0.700. The van der Waals surface area contributed by atoms with Gasteiger partial charge in [0.25, 0.3) is 0 Å². The molecule has 1 aromatic heterocycles. The minimum Gasteiger partial charge on any atom is -0.347 e. The Bertz CT molecular complexity index is 255. The van der Waals surface area contributed by atoms with E-state index in [-0.39, 0.29) is 0 Å². The first-order valence-corrected chi connectivity index (χ1v) is 4.98. The molecule has 13 heavy (non-hydrogen) atoms. The average Bonchev–Trinajstić information content (AvgIpc) is 2.64. The van der Waals surface area contributed by atoms with E-state index in [2.05, 4.69) is 29.1 Å². The van der Waals surface area contributed by atoms with Crippen molar-refractivity contribution in [2.75, 3.05) is 0 Å². The third-order valence-corrected chi connectivity index (χ3v) is 3.27. The average molecular weight is 179 g/mol. The van der Waals surface area contributed by atoms with Crippen LogP contribution in [0.1, 0.15) is 26.0 Å². The minimum absolute atomic E-state index is 0.707. The number of nitrogens with one attached hydrogen (secondary N) is 2. The van der Waals surface area contributed by atoms with Crippen LogP contribution < -0.4 is 5.32 Å². The molecular weight excluding hydrogens is 162 g/mol. The second-order valence-electron chi connectivity index (χ2n) is 4.14. The van der Waals surface area contributed by atoms with Gasteiger partial charge in [-0.15, -0.1) is 0 Å². The largest absolute Gasteiger partial charge is 0.347 e. The summed E-state index contributed by atoms with van der Waals surface area (Å²) in [6, 6.07) is 0.707. The Labute approximate surface area is 79.0 Å². The summed E-state index contributed by atoms with van der Waals surface area (Å²) in [5.74, 6) is 1.71. The van der Waals surface area contributed by atoms with Crippen LogP contribution in [0.4, 0.5) is 0 Å². The zero-order valence-electron chi connectivity index (χ0n) is 8.25. The highest BCUT2D eigenvalue weighted by Gasteiger charge is 2.33. The van der Waals surface area contributed by atoms with Gasteiger partial charge in [0.15, 0.2) is 0 Å². The lowest BCUT2D eigenvalue weighted by Gasteiger charge is -2.41. The first kappa shape index (κ1) is 8.75. The molecule has 0 aromatic carbocycles. The molecule has 2 N–H and O–H groups in total. The highest BCUT2D eigenvalue weighted by molar-refractivity contribution is 4.96. The number of hydrogen-bond donors (Lipinski definition) is 2. The number of imidazole rings is 1. The summed E-state index contributed by atoms with van der Waals surface area (Å²) >= 11 is 0. The van der Waals surface area contributed by atoms with Gasteiger partial charge in [0.05, 0.1) is 6.33 Å². The quantitative estimate of drug-likeness (QED) is 0.739. The maximum Gasteiger partial charge on any atom is 0.0922 e. The predicted molar refractivity (Wildman–Crippen MR) is 52.2 cm³/mol. The molecule has 0 aliphatic heterocycles. The van der Waals surface area contributed by atoms with Crippen molar-refractivity contribution in [3.63, 3.8) is 0 Å². The van der Waals surface area contributed by atoms with E-state index in [0.717, 1.165) is 18.4 Å². The lowest BCUT2D eigenvalue weighted by atomic mass is 9.71. The SMILES string of the molecule is CC1CC(NCc2cnc[nH]2)C1C. The maximum absolute atomic E-state index is 3.98. The van der Waals surface area contributed by atoms with Crippen LogP contribution in [0.3, 0.4) is 0 Å². The van der Waals surface area contributed by atoms with Gasteiger partial charge in [-0.2, -0.15) is 0 Å². The predicted octanol–water partition coefficient (Wildman–Crippen LogP) is 1.54. The zero-order chi connectivity index (χ0) is 9.26. The molecule has 0 spiro atoms. The smallest absolute Gasteiger partial charge is 0.0922 e. The van der Waals surface area contributed by atoms with Crippen LogP contribution in [0, 0.1) is 11.8 Å². The Morgan fingerprint density at radius 2 is 2.46 bits per heavy atom. The summed E-state index contributed by atoms with van der Waals surface area (Å²) in [4.78, 5) is 7.08. The Kier molecular flexibility index (Phi) is 2.36. The van der Waals surface area contributed by atoms with E-state index in [1.807, 2.05) is 6.20 Å². The second-order valence-corrected chi connectivity index (χ2v) is 4.14. The molecule has 2 rings (SSSR count). The molecule has 1 heterocycles. The molecule has 1 aliphatic carbocycles. The number of aromatic amines is 1. The molecule has 3 atom stereocenters. The number of aromatic nitrogens is 2. The zero-order valence-corrected chi connectivity index (χ0v) is 8.25. The van der Waals surface area contributed by atoms with E-state index >= 15 is 0 Å². The van der Waals surface area contributed by atoms with Crippen molar-refractivity contribution in [3.8, 4) is 0 Å². The Balaban J connectivity index is 1.75. The van der Waals surface area contributed by atoms with Crippen LogP contribution >= 0.6 is 0 Å². The molecule has 1 aromatic rings. The topological polar surface area (TPSA) is 40.7 Å². The summed E-state index contributed by atoms with van der Waals surface area (Å²) in [6.45, 7) is 5.56. The van der Waals surface area contributed by atoms with Gasteiger partial charge in [0, 0.05) is 24.5 Å². The third-order valence-electron chi connectivity index (χ3n) is 3.27. The number of rotatable bonds is 3. The molecule has 0 saturated heterocycles. The van der Waals surface area contributed by atoms with Crippen LogP contribution in [-0.4, -0.2) is 16.0 Å². The van der Waals surface area contributed by atoms with E-state index < -0.39 is 0 Å². The second kappa shape index (κ2) is 3.50. The number of H-pyrrole nitrogens is 1. The van der Waals surface area contributed by atoms with E-state index in [0.29, 0.717) is 6.04 Å². The summed E-state index contributed by atoms with van der Waals surface area (Å²) in [5.41, 5.74) is 1.17. The Hall–Kier alpha value is -0.830. The van der Waals surface area contributed by atoms with Gasteiger partial charge in [-0.1, -0.05) is 13.8 Å². The maximum atomic E-state index is 3.98. The fourth-order valence-electron chi connectivity index (χ4n) is 1.92. The van der Waals surface area contributed by atoms with Crippen molar-refractivity contribution in [3.05, 3.63) is 18.2 Å². The molecule has 72 valence electrons. The first-order chi connectivity index (χ1) is 6.27. The van der Waals surface area contributed by atoms with Gasteiger partial charge in [0.2, 0.25) is 0 Å². The summed E-state index contributed by atoms with van der Waals surface area (Å²) in [7, 11) is 0. The molecule has 0 radical (unpaired) electrons. The molecule has 0 bridgehead atoms. The lowest BCUT2D eigenvalue weighted by Crippen LogP contribution is -2.47. The highest BCUT2D eigenvalue weighted by Crippen LogP contribution is 2.33. The van der Waals surface area contributed by atoms with Crippen LogP contribution in [0.25, 0.3) is 0 Å². The lowest BCUT2D eigenvalue weighted by molar-refractivity contribution is 0.136. The van der Waals surface area contributed by atoms with Crippen molar-refractivity contribution in [2.45, 2.75) is 32.9 Å². The monoisotopic (exact) mass is 179 g/mol. The van der Waals surface area contributed by atoms with Crippen LogP contribution in [0.2, 0.25) is 0 Å². The van der Waals surface area contributed by atoms with Gasteiger partial charge < -0.3 is 10.3 Å². The molecule has 3 unspecified atom stereocenters. The van der Waals surface area contributed by atoms with Crippen molar-refractivity contribution in [1.82, 2.24) is 15.3 Å². The summed E-state index contributed by atoms with van der Waals surface area (Å²) in [5, 5.41) is 3.53. The van der Waals surface area contributed by atoms with Gasteiger partial charge in [-0.3, -0.25) is 0 Å². The van der Waals surface area contributed by atoms with Gasteiger partial charge >= 0.3 is 0 Å². The molecule has 1 aliphatic rings. The van der Waals surface area contributed by atoms with Crippen molar-refractivity contribution in [1.29, 1.82) is 0 Å². The highest BCUT2D eigenvalue weighted by atomic mass is 15.0. The molecular formula is C10H17N3. The summed E-state index contributed by atoms with van der Waals surface area (Å²) < 4.78 is 0. The Morgan fingerprint density at radius 3 is 3.00 bits per heavy atom. The first-order valence-electron chi connectivity index (χ1n) is 4.98. The number of hydrogen-bond acceptors (Lipinski definition) is 2. The molecule has 3 nitrogen and oxygen atoms in total. The Morgan fingerprint density at radius 1 is 1.62 bits per heavy atom. The van der Waals surface area contributed by atoms with Crippen molar-refractivity contribution in [2.24, 2.45) is 11.8 Å². The van der Waals surface area contributed by atoms with Gasteiger partial charge in [-0.25, -0.2) is 4.98 Å². The normalized spacial score (nSPS) is 32.9. The standard InChI is InChI=1S/C10H17N3/c1-7-3-10(8(7)2)12-5-9-4-11-6-13-9/h4,6-8,10,12H,3,5H2,1-2H3,(H,11,13). The van der Waals surface area contributed by atoms with Crippen LogP contribution in [-0.2, 0) is 6.54 Å². The van der Waals surface area contributed by atoms with Gasteiger partial charge in [-0.05, 0) is 18.3 Å². The van der Waals surface area contributed by atoms with Crippen LogP contribution in [0.15, 0.2) is 12.5 Å². The van der Waals surface area contributed by atoms with Gasteiger partial charge in [0.1, 0.15) is 0 Å². The molecule has 1 fully saturated rings. The van der Waals surface area contributed by atoms with E-state index in [9.17, 15) is 0 Å². The van der Waals surface area contributed by atoms with Crippen molar-refractivity contribution < 1.29 is 0 Å². The number of nitrogens with zero attached hydrogens (tertiary/aromatic N) is 1. The molecule has 1 saturated carbocycles. The van der Waals surface area contributed by atoms with Crippen molar-refractivity contribution >= 4 is 0 Å². The molecule has 0 amide bonds. The van der Waals surface area contributed by atoms with E-state index in [1.165, 1.54) is 12.1 Å². The van der Waals surface area contributed by atoms with Crippen LogP contribution in [0.5, 0.6) is 0 Å².